The number of amides is 1. The highest BCUT2D eigenvalue weighted by atomic mass is 35.5. The fourth-order valence-corrected chi connectivity index (χ4v) is 5.04. The summed E-state index contributed by atoms with van der Waals surface area (Å²) in [5, 5.41) is 17.3. The molecule has 1 unspecified atom stereocenters. The molecule has 3 aromatic heterocycles. The van der Waals surface area contributed by atoms with E-state index in [9.17, 15) is 9.90 Å². The minimum absolute atomic E-state index is 0.0258. The number of nitrogens with zero attached hydrogens (tertiary/aromatic N) is 3. The van der Waals surface area contributed by atoms with Gasteiger partial charge in [-0.25, -0.2) is 9.97 Å². The molecule has 4 aromatic rings. The SMILES string of the molecule is CC(O)c1cc(C2CC2)cn2cc(CNc3ccnc(NC(=O)[C@H]4C[C@@H]4c4cccc(Cl)c4)c3)nc12. The molecule has 2 saturated carbocycles. The molecule has 0 spiro atoms. The molecule has 0 bridgehead atoms. The van der Waals surface area contributed by atoms with Crippen molar-refractivity contribution in [1.29, 1.82) is 0 Å². The summed E-state index contributed by atoms with van der Waals surface area (Å²) in [7, 11) is 0. The van der Waals surface area contributed by atoms with Gasteiger partial charge >= 0.3 is 0 Å². The minimum Gasteiger partial charge on any atom is -0.389 e. The lowest BCUT2D eigenvalue weighted by molar-refractivity contribution is -0.117. The van der Waals surface area contributed by atoms with Gasteiger partial charge in [-0.1, -0.05) is 23.7 Å². The Morgan fingerprint density at radius 1 is 1.19 bits per heavy atom. The zero-order valence-electron chi connectivity index (χ0n) is 20.0. The Morgan fingerprint density at radius 3 is 2.83 bits per heavy atom. The summed E-state index contributed by atoms with van der Waals surface area (Å²) in [4.78, 5) is 21.8. The average Bonchev–Trinajstić information content (AvgIpc) is 3.78. The van der Waals surface area contributed by atoms with Crippen molar-refractivity contribution in [3.63, 3.8) is 0 Å². The second-order valence-corrected chi connectivity index (χ2v) is 10.4. The van der Waals surface area contributed by atoms with Crippen LogP contribution in [0.4, 0.5) is 11.5 Å². The van der Waals surface area contributed by atoms with E-state index in [4.69, 9.17) is 16.6 Å². The highest BCUT2D eigenvalue weighted by molar-refractivity contribution is 6.30. The number of anilines is 2. The van der Waals surface area contributed by atoms with E-state index in [0.717, 1.165) is 34.6 Å². The van der Waals surface area contributed by atoms with E-state index in [2.05, 4.69) is 27.9 Å². The van der Waals surface area contributed by atoms with Crippen molar-refractivity contribution in [1.82, 2.24) is 14.4 Å². The van der Waals surface area contributed by atoms with Crippen LogP contribution in [0.15, 0.2) is 61.1 Å². The summed E-state index contributed by atoms with van der Waals surface area (Å²) in [6.45, 7) is 2.29. The van der Waals surface area contributed by atoms with Crippen LogP contribution in [-0.2, 0) is 11.3 Å². The third kappa shape index (κ3) is 4.81. The van der Waals surface area contributed by atoms with E-state index in [1.54, 1.807) is 13.1 Å². The quantitative estimate of drug-likeness (QED) is 0.289. The van der Waals surface area contributed by atoms with Crippen LogP contribution in [0.25, 0.3) is 5.65 Å². The number of hydrogen-bond donors (Lipinski definition) is 3. The second-order valence-electron chi connectivity index (χ2n) is 9.92. The molecular formula is C28H28ClN5O2. The fraction of sp³-hybridized carbons (Fsp3) is 0.321. The van der Waals surface area contributed by atoms with Crippen molar-refractivity contribution < 1.29 is 9.90 Å². The number of aliphatic hydroxyl groups excluding tert-OH is 1. The Bertz CT molecular complexity index is 1450. The molecule has 6 rings (SSSR count). The van der Waals surface area contributed by atoms with E-state index in [1.807, 2.05) is 47.0 Å². The van der Waals surface area contributed by atoms with E-state index in [1.165, 1.54) is 18.4 Å². The van der Waals surface area contributed by atoms with Gasteiger partial charge in [-0.15, -0.1) is 0 Å². The third-order valence-electron chi connectivity index (χ3n) is 7.04. The minimum atomic E-state index is -0.578. The van der Waals surface area contributed by atoms with Crippen LogP contribution in [0, 0.1) is 5.92 Å². The van der Waals surface area contributed by atoms with Gasteiger partial charge in [-0.05, 0) is 73.4 Å². The highest BCUT2D eigenvalue weighted by Crippen LogP contribution is 2.48. The Kier molecular flexibility index (Phi) is 5.90. The summed E-state index contributed by atoms with van der Waals surface area (Å²) < 4.78 is 2.02. The number of carbonyl (C=O) groups is 1. The van der Waals surface area contributed by atoms with Crippen molar-refractivity contribution in [2.24, 2.45) is 5.92 Å². The lowest BCUT2D eigenvalue weighted by Crippen LogP contribution is -2.15. The third-order valence-corrected chi connectivity index (χ3v) is 7.27. The molecule has 1 amide bonds. The number of aliphatic hydroxyl groups is 1. The van der Waals surface area contributed by atoms with Gasteiger partial charge < -0.3 is 20.1 Å². The van der Waals surface area contributed by atoms with Gasteiger partial charge in [0.25, 0.3) is 0 Å². The van der Waals surface area contributed by atoms with Crippen LogP contribution in [0.3, 0.4) is 0 Å². The number of fused-ring (bicyclic) bond motifs is 1. The number of benzene rings is 1. The monoisotopic (exact) mass is 501 g/mol. The first-order valence-corrected chi connectivity index (χ1v) is 12.8. The average molecular weight is 502 g/mol. The van der Waals surface area contributed by atoms with Gasteiger partial charge in [0.05, 0.1) is 18.3 Å². The first-order chi connectivity index (χ1) is 17.4. The first kappa shape index (κ1) is 23.0. The summed E-state index contributed by atoms with van der Waals surface area (Å²) in [6, 6.07) is 13.5. The van der Waals surface area contributed by atoms with E-state index < -0.39 is 6.10 Å². The summed E-state index contributed by atoms with van der Waals surface area (Å²) in [5.41, 5.74) is 5.71. The van der Waals surface area contributed by atoms with Crippen LogP contribution in [0.5, 0.6) is 0 Å². The molecule has 3 atom stereocenters. The molecule has 8 heteroatoms. The van der Waals surface area contributed by atoms with Crippen LogP contribution in [0.2, 0.25) is 5.02 Å². The molecule has 0 aliphatic heterocycles. The van der Waals surface area contributed by atoms with E-state index >= 15 is 0 Å². The Morgan fingerprint density at radius 2 is 2.06 bits per heavy atom. The molecule has 1 aromatic carbocycles. The van der Waals surface area contributed by atoms with Gasteiger partial charge in [0.15, 0.2) is 0 Å². The largest absolute Gasteiger partial charge is 0.389 e. The van der Waals surface area contributed by atoms with Crippen LogP contribution >= 0.6 is 11.6 Å². The van der Waals surface area contributed by atoms with Crippen molar-refractivity contribution in [3.8, 4) is 0 Å². The Hall–Kier alpha value is -3.42. The molecule has 2 aliphatic rings. The van der Waals surface area contributed by atoms with E-state index in [-0.39, 0.29) is 17.7 Å². The van der Waals surface area contributed by atoms with Gasteiger partial charge in [-0.3, -0.25) is 4.79 Å². The number of pyridine rings is 2. The standard InChI is InChI=1S/C28H28ClN5O2/c1-16(35)23-10-19(17-5-6-17)14-34-15-22(32-27(23)34)13-31-21-7-8-30-26(11-21)33-28(36)25-12-24(25)18-3-2-4-20(29)9-18/h2-4,7-11,14-17,24-25,35H,5-6,12-13H2,1H3,(H2,30,31,33,36)/t16?,24-,25+/m1/s1. The number of hydrogen-bond acceptors (Lipinski definition) is 5. The normalized spacial score (nSPS) is 19.8. The van der Waals surface area contributed by atoms with Crippen molar-refractivity contribution in [3.05, 3.63) is 88.5 Å². The maximum absolute atomic E-state index is 12.8. The number of imidazole rings is 1. The molecule has 3 N–H and O–H groups in total. The second kappa shape index (κ2) is 9.22. The zero-order chi connectivity index (χ0) is 24.8. The predicted molar refractivity (Wildman–Crippen MR) is 140 cm³/mol. The Balaban J connectivity index is 1.11. The van der Waals surface area contributed by atoms with Crippen LogP contribution in [0.1, 0.15) is 66.5 Å². The molecule has 2 fully saturated rings. The summed E-state index contributed by atoms with van der Waals surface area (Å²) in [5.74, 6) is 1.22. The lowest BCUT2D eigenvalue weighted by atomic mass is 10.1. The fourth-order valence-electron chi connectivity index (χ4n) is 4.84. The number of aromatic nitrogens is 3. The van der Waals surface area contributed by atoms with Gasteiger partial charge in [0, 0.05) is 46.8 Å². The molecule has 7 nitrogen and oxygen atoms in total. The topological polar surface area (TPSA) is 91.5 Å². The summed E-state index contributed by atoms with van der Waals surface area (Å²) in [6.07, 6.45) is 8.46. The number of rotatable bonds is 8. The predicted octanol–water partition coefficient (Wildman–Crippen LogP) is 5.67. The molecule has 3 heterocycles. The molecule has 2 aliphatic carbocycles. The molecule has 0 radical (unpaired) electrons. The lowest BCUT2D eigenvalue weighted by Gasteiger charge is -2.09. The van der Waals surface area contributed by atoms with E-state index in [0.29, 0.717) is 23.3 Å². The van der Waals surface area contributed by atoms with Crippen LogP contribution < -0.4 is 10.6 Å². The summed E-state index contributed by atoms with van der Waals surface area (Å²) >= 11 is 6.10. The van der Waals surface area contributed by atoms with Crippen molar-refractivity contribution >= 4 is 34.7 Å². The molecule has 184 valence electrons. The molecule has 0 saturated heterocycles. The highest BCUT2D eigenvalue weighted by Gasteiger charge is 2.44. The van der Waals surface area contributed by atoms with Crippen molar-refractivity contribution in [2.45, 2.75) is 50.7 Å². The van der Waals surface area contributed by atoms with Gasteiger partial charge in [0.2, 0.25) is 5.91 Å². The molecular weight excluding hydrogens is 474 g/mol. The molecule has 36 heavy (non-hydrogen) atoms. The number of halogens is 1. The smallest absolute Gasteiger partial charge is 0.229 e. The maximum Gasteiger partial charge on any atom is 0.229 e. The number of carbonyl (C=O) groups excluding carboxylic acids is 1. The maximum atomic E-state index is 12.8. The van der Waals surface area contributed by atoms with Gasteiger partial charge in [0.1, 0.15) is 11.5 Å². The van der Waals surface area contributed by atoms with Gasteiger partial charge in [-0.2, -0.15) is 0 Å². The van der Waals surface area contributed by atoms with Crippen molar-refractivity contribution in [2.75, 3.05) is 10.6 Å². The number of nitrogens with one attached hydrogen (secondary N) is 2. The Labute approximate surface area is 214 Å². The zero-order valence-corrected chi connectivity index (χ0v) is 20.7. The first-order valence-electron chi connectivity index (χ1n) is 12.4. The van der Waals surface area contributed by atoms with Crippen LogP contribution in [-0.4, -0.2) is 25.4 Å².